The van der Waals surface area contributed by atoms with Crippen molar-refractivity contribution >= 4 is 11.7 Å². The lowest BCUT2D eigenvalue weighted by Gasteiger charge is -2.36. The molecule has 0 spiro atoms. The maximum absolute atomic E-state index is 11.7. The maximum Gasteiger partial charge on any atom is 0.339 e. The fraction of sp³-hybridized carbons (Fsp3) is 0.462. The van der Waals surface area contributed by atoms with E-state index in [0.29, 0.717) is 25.1 Å². The average molecular weight is 250 g/mol. The summed E-state index contributed by atoms with van der Waals surface area (Å²) in [7, 11) is 1.37. The smallest absolute Gasteiger partial charge is 0.339 e. The van der Waals surface area contributed by atoms with Crippen LogP contribution in [0, 0.1) is 0 Å². The van der Waals surface area contributed by atoms with Gasteiger partial charge in [-0.3, -0.25) is 0 Å². The zero-order valence-corrected chi connectivity index (χ0v) is 10.4. The van der Waals surface area contributed by atoms with Gasteiger partial charge in [-0.2, -0.15) is 0 Å². The number of benzene rings is 1. The first-order chi connectivity index (χ1) is 8.63. The molecule has 5 nitrogen and oxygen atoms in total. The average Bonchev–Trinajstić information content (AvgIpc) is 2.41. The minimum Gasteiger partial charge on any atom is -0.465 e. The van der Waals surface area contributed by atoms with E-state index < -0.39 is 6.10 Å². The summed E-state index contributed by atoms with van der Waals surface area (Å²) in [6.07, 6.45) is 0.142. The number of para-hydroxylation sites is 1. The Kier molecular flexibility index (Phi) is 3.84. The minimum absolute atomic E-state index is 0.288. The molecule has 2 atom stereocenters. The van der Waals surface area contributed by atoms with Gasteiger partial charge in [-0.1, -0.05) is 12.1 Å². The zero-order chi connectivity index (χ0) is 13.1. The van der Waals surface area contributed by atoms with E-state index in [9.17, 15) is 9.90 Å². The van der Waals surface area contributed by atoms with Crippen LogP contribution in [-0.2, 0) is 4.74 Å². The highest BCUT2D eigenvalue weighted by Crippen LogP contribution is 2.24. The van der Waals surface area contributed by atoms with Crippen molar-refractivity contribution in [3.63, 3.8) is 0 Å². The number of aliphatic hydroxyl groups is 1. The van der Waals surface area contributed by atoms with Gasteiger partial charge in [-0.25, -0.2) is 4.79 Å². The lowest BCUT2D eigenvalue weighted by Crippen LogP contribution is -2.51. The third kappa shape index (κ3) is 2.47. The summed E-state index contributed by atoms with van der Waals surface area (Å²) in [5.74, 6) is -0.356. The Morgan fingerprint density at radius 3 is 2.89 bits per heavy atom. The largest absolute Gasteiger partial charge is 0.465 e. The molecule has 5 heteroatoms. The molecule has 1 fully saturated rings. The molecular formula is C13H18N2O3. The van der Waals surface area contributed by atoms with Crippen LogP contribution in [-0.4, -0.2) is 43.4 Å². The summed E-state index contributed by atoms with van der Waals surface area (Å²) in [6, 6.07) is 6.99. The van der Waals surface area contributed by atoms with Crippen LogP contribution < -0.4 is 10.6 Å². The predicted molar refractivity (Wildman–Crippen MR) is 68.6 cm³/mol. The van der Waals surface area contributed by atoms with Gasteiger partial charge in [-0.05, 0) is 18.6 Å². The molecule has 0 aliphatic carbocycles. The van der Waals surface area contributed by atoms with Gasteiger partial charge in [-0.15, -0.1) is 0 Å². The van der Waals surface area contributed by atoms with Gasteiger partial charge in [0.05, 0.1) is 24.5 Å². The van der Waals surface area contributed by atoms with Gasteiger partial charge in [0.15, 0.2) is 0 Å². The van der Waals surface area contributed by atoms with Gasteiger partial charge < -0.3 is 20.5 Å². The zero-order valence-electron chi connectivity index (χ0n) is 10.4. The first kappa shape index (κ1) is 12.9. The number of piperidine rings is 1. The summed E-state index contributed by atoms with van der Waals surface area (Å²) in [6.45, 7) is 1.22. The highest BCUT2D eigenvalue weighted by Gasteiger charge is 2.27. The minimum atomic E-state index is -0.466. The Balaban J connectivity index is 2.25. The van der Waals surface area contributed by atoms with E-state index in [2.05, 4.69) is 0 Å². The van der Waals surface area contributed by atoms with Crippen LogP contribution in [0.5, 0.6) is 0 Å². The van der Waals surface area contributed by atoms with Crippen molar-refractivity contribution < 1.29 is 14.6 Å². The van der Waals surface area contributed by atoms with Crippen LogP contribution in [0.1, 0.15) is 16.8 Å². The normalized spacial score (nSPS) is 23.8. The number of nitrogens with zero attached hydrogens (tertiary/aromatic N) is 1. The van der Waals surface area contributed by atoms with Crippen molar-refractivity contribution in [1.29, 1.82) is 0 Å². The lowest BCUT2D eigenvalue weighted by atomic mass is 10.0. The second kappa shape index (κ2) is 5.37. The molecule has 0 aromatic heterocycles. The van der Waals surface area contributed by atoms with Gasteiger partial charge in [0.2, 0.25) is 0 Å². The van der Waals surface area contributed by atoms with E-state index in [1.807, 2.05) is 17.0 Å². The number of ether oxygens (including phenoxy) is 1. The summed E-state index contributed by atoms with van der Waals surface area (Å²) >= 11 is 0. The molecule has 1 aliphatic rings. The Bertz CT molecular complexity index is 436. The molecule has 0 saturated carbocycles. The van der Waals surface area contributed by atoms with Gasteiger partial charge >= 0.3 is 5.97 Å². The summed E-state index contributed by atoms with van der Waals surface area (Å²) in [4.78, 5) is 13.7. The number of rotatable bonds is 2. The maximum atomic E-state index is 11.7. The number of anilines is 1. The first-order valence-electron chi connectivity index (χ1n) is 5.99. The second-order valence-corrected chi connectivity index (χ2v) is 4.47. The monoisotopic (exact) mass is 250 g/mol. The van der Waals surface area contributed by atoms with Crippen LogP contribution in [0.15, 0.2) is 24.3 Å². The number of carbonyl (C=O) groups excluding carboxylic acids is 1. The molecule has 1 heterocycles. The Morgan fingerprint density at radius 2 is 2.22 bits per heavy atom. The molecule has 2 unspecified atom stereocenters. The molecule has 0 amide bonds. The highest BCUT2D eigenvalue weighted by molar-refractivity contribution is 5.95. The van der Waals surface area contributed by atoms with Crippen LogP contribution >= 0.6 is 0 Å². The molecule has 18 heavy (non-hydrogen) atoms. The van der Waals surface area contributed by atoms with Gasteiger partial charge in [0.25, 0.3) is 0 Å². The third-order valence-corrected chi connectivity index (χ3v) is 3.27. The van der Waals surface area contributed by atoms with E-state index in [1.54, 1.807) is 12.1 Å². The quantitative estimate of drug-likeness (QED) is 0.742. The summed E-state index contributed by atoms with van der Waals surface area (Å²) in [5.41, 5.74) is 7.20. The van der Waals surface area contributed by atoms with Crippen LogP contribution in [0.3, 0.4) is 0 Å². The van der Waals surface area contributed by atoms with Crippen molar-refractivity contribution in [2.45, 2.75) is 18.6 Å². The molecule has 1 aromatic rings. The summed E-state index contributed by atoms with van der Waals surface area (Å²) < 4.78 is 4.77. The van der Waals surface area contributed by atoms with Crippen molar-refractivity contribution in [2.24, 2.45) is 5.73 Å². The SMILES string of the molecule is COC(=O)c1ccccc1N1CCC(O)C(N)C1. The fourth-order valence-corrected chi connectivity index (χ4v) is 2.22. The molecule has 1 aromatic carbocycles. The van der Waals surface area contributed by atoms with Crippen molar-refractivity contribution in [1.82, 2.24) is 0 Å². The van der Waals surface area contributed by atoms with Crippen molar-refractivity contribution in [3.8, 4) is 0 Å². The Labute approximate surface area is 106 Å². The van der Waals surface area contributed by atoms with E-state index in [0.717, 1.165) is 5.69 Å². The van der Waals surface area contributed by atoms with Gasteiger partial charge in [0, 0.05) is 19.1 Å². The molecule has 98 valence electrons. The van der Waals surface area contributed by atoms with Crippen LogP contribution in [0.4, 0.5) is 5.69 Å². The van der Waals surface area contributed by atoms with Crippen LogP contribution in [0.25, 0.3) is 0 Å². The topological polar surface area (TPSA) is 75.8 Å². The molecule has 1 aliphatic heterocycles. The second-order valence-electron chi connectivity index (χ2n) is 4.47. The number of carbonyl (C=O) groups is 1. The van der Waals surface area contributed by atoms with E-state index in [1.165, 1.54) is 7.11 Å². The summed E-state index contributed by atoms with van der Waals surface area (Å²) in [5, 5.41) is 9.62. The third-order valence-electron chi connectivity index (χ3n) is 3.27. The van der Waals surface area contributed by atoms with Crippen molar-refractivity contribution in [2.75, 3.05) is 25.1 Å². The van der Waals surface area contributed by atoms with Crippen molar-refractivity contribution in [3.05, 3.63) is 29.8 Å². The Hall–Kier alpha value is -1.59. The fourth-order valence-electron chi connectivity index (χ4n) is 2.22. The highest BCUT2D eigenvalue weighted by atomic mass is 16.5. The molecular weight excluding hydrogens is 232 g/mol. The molecule has 0 bridgehead atoms. The van der Waals surface area contributed by atoms with E-state index in [4.69, 9.17) is 10.5 Å². The molecule has 0 radical (unpaired) electrons. The number of esters is 1. The number of aliphatic hydroxyl groups excluding tert-OH is 1. The van der Waals surface area contributed by atoms with E-state index >= 15 is 0 Å². The van der Waals surface area contributed by atoms with Crippen LogP contribution in [0.2, 0.25) is 0 Å². The molecule has 3 N–H and O–H groups in total. The number of methoxy groups -OCH3 is 1. The predicted octanol–water partition coefficient (Wildman–Crippen LogP) is 0.372. The van der Waals surface area contributed by atoms with Gasteiger partial charge in [0.1, 0.15) is 0 Å². The molecule has 1 saturated heterocycles. The van der Waals surface area contributed by atoms with E-state index in [-0.39, 0.29) is 12.0 Å². The standard InChI is InChI=1S/C13H18N2O3/c1-18-13(17)9-4-2-3-5-11(9)15-7-6-12(16)10(14)8-15/h2-5,10,12,16H,6-8,14H2,1H3. The molecule has 2 rings (SSSR count). The number of hydrogen-bond acceptors (Lipinski definition) is 5. The first-order valence-corrected chi connectivity index (χ1v) is 5.99. The Morgan fingerprint density at radius 1 is 1.50 bits per heavy atom. The number of nitrogens with two attached hydrogens (primary N) is 1. The number of hydrogen-bond donors (Lipinski definition) is 2. The lowest BCUT2D eigenvalue weighted by molar-refractivity contribution is 0.0601.